The highest BCUT2D eigenvalue weighted by Crippen LogP contribution is 2.41. The number of ether oxygens (including phenoxy) is 1. The van der Waals surface area contributed by atoms with Crippen molar-refractivity contribution >= 4 is 23.5 Å². The number of nitrogens with two attached hydrogens (primary N) is 1. The van der Waals surface area contributed by atoms with Gasteiger partial charge < -0.3 is 4.74 Å². The van der Waals surface area contributed by atoms with Gasteiger partial charge in [0, 0.05) is 23.7 Å². The molecule has 3 fully saturated rings. The van der Waals surface area contributed by atoms with E-state index in [0.29, 0.717) is 12.0 Å². The van der Waals surface area contributed by atoms with Crippen molar-refractivity contribution < 1.29 is 4.74 Å². The van der Waals surface area contributed by atoms with Crippen LogP contribution in [0.25, 0.3) is 0 Å². The SMILES string of the molecule is NNC(CSC1CCCC1)C1CCOC2(CCSCC2)C1. The summed E-state index contributed by atoms with van der Waals surface area (Å²) in [5.41, 5.74) is 3.32. The van der Waals surface area contributed by atoms with E-state index in [9.17, 15) is 0 Å². The molecule has 3 rings (SSSR count). The van der Waals surface area contributed by atoms with Crippen molar-refractivity contribution in [2.75, 3.05) is 23.9 Å². The lowest BCUT2D eigenvalue weighted by molar-refractivity contribution is -0.106. The van der Waals surface area contributed by atoms with Crippen molar-refractivity contribution in [2.24, 2.45) is 11.8 Å². The molecule has 5 heteroatoms. The summed E-state index contributed by atoms with van der Waals surface area (Å²) in [7, 11) is 0. The fourth-order valence-corrected chi connectivity index (χ4v) is 6.87. The first kappa shape index (κ1) is 16.4. The van der Waals surface area contributed by atoms with Gasteiger partial charge in [-0.25, -0.2) is 0 Å². The molecule has 1 spiro atoms. The first-order chi connectivity index (χ1) is 10.3. The molecule has 3 N–H and O–H groups in total. The van der Waals surface area contributed by atoms with E-state index in [-0.39, 0.29) is 5.60 Å². The Kier molecular flexibility index (Phi) is 6.19. The number of hydrogen-bond donors (Lipinski definition) is 2. The third kappa shape index (κ3) is 4.31. The number of rotatable bonds is 5. The summed E-state index contributed by atoms with van der Waals surface area (Å²) in [6.07, 6.45) is 10.5. The zero-order valence-corrected chi connectivity index (χ0v) is 14.7. The second kappa shape index (κ2) is 7.91. The van der Waals surface area contributed by atoms with Gasteiger partial charge in [0.15, 0.2) is 0 Å². The lowest BCUT2D eigenvalue weighted by Gasteiger charge is -2.45. The molecule has 122 valence electrons. The normalized spacial score (nSPS) is 31.6. The summed E-state index contributed by atoms with van der Waals surface area (Å²) >= 11 is 4.24. The van der Waals surface area contributed by atoms with Gasteiger partial charge in [-0.1, -0.05) is 12.8 Å². The quantitative estimate of drug-likeness (QED) is 0.599. The van der Waals surface area contributed by atoms with Gasteiger partial charge in [0.1, 0.15) is 0 Å². The Balaban J connectivity index is 1.52. The van der Waals surface area contributed by atoms with Crippen LogP contribution in [0.15, 0.2) is 0 Å². The lowest BCUT2D eigenvalue weighted by atomic mass is 9.79. The molecule has 2 aliphatic heterocycles. The summed E-state index contributed by atoms with van der Waals surface area (Å²) in [4.78, 5) is 0. The summed E-state index contributed by atoms with van der Waals surface area (Å²) in [5, 5.41) is 0.890. The van der Waals surface area contributed by atoms with Gasteiger partial charge in [0.25, 0.3) is 0 Å². The van der Waals surface area contributed by atoms with Crippen LogP contribution in [0.5, 0.6) is 0 Å². The number of thioether (sulfide) groups is 2. The zero-order chi connectivity index (χ0) is 14.5. The molecule has 0 bridgehead atoms. The Morgan fingerprint density at radius 1 is 1.24 bits per heavy atom. The maximum absolute atomic E-state index is 6.22. The van der Waals surface area contributed by atoms with Crippen LogP contribution in [0.2, 0.25) is 0 Å². The van der Waals surface area contributed by atoms with E-state index in [2.05, 4.69) is 28.9 Å². The third-order valence-electron chi connectivity index (χ3n) is 5.53. The topological polar surface area (TPSA) is 47.3 Å². The fourth-order valence-electron chi connectivity index (χ4n) is 4.12. The Morgan fingerprint density at radius 2 is 2.00 bits per heavy atom. The van der Waals surface area contributed by atoms with Crippen LogP contribution in [0, 0.1) is 5.92 Å². The molecule has 1 aliphatic carbocycles. The summed E-state index contributed by atoms with van der Waals surface area (Å²) < 4.78 is 6.22. The standard InChI is InChI=1S/C16H30N2OS2/c17-18-15(12-21-14-3-1-2-4-14)13-5-8-19-16(11-13)6-9-20-10-7-16/h13-15,18H,1-12,17H2. The highest BCUT2D eigenvalue weighted by Gasteiger charge is 2.40. The van der Waals surface area contributed by atoms with E-state index in [4.69, 9.17) is 10.6 Å². The first-order valence-electron chi connectivity index (χ1n) is 8.61. The van der Waals surface area contributed by atoms with E-state index >= 15 is 0 Å². The highest BCUT2D eigenvalue weighted by atomic mass is 32.2. The second-order valence-electron chi connectivity index (χ2n) is 6.91. The Labute approximate surface area is 137 Å². The average molecular weight is 331 g/mol. The van der Waals surface area contributed by atoms with Crippen molar-refractivity contribution in [3.63, 3.8) is 0 Å². The molecule has 3 aliphatic rings. The number of hydrogen-bond acceptors (Lipinski definition) is 5. The predicted octanol–water partition coefficient (Wildman–Crippen LogP) is 3.19. The average Bonchev–Trinajstić information content (AvgIpc) is 3.02. The first-order valence-corrected chi connectivity index (χ1v) is 10.8. The lowest BCUT2D eigenvalue weighted by Crippen LogP contribution is -2.51. The molecule has 0 radical (unpaired) electrons. The summed E-state index contributed by atoms with van der Waals surface area (Å²) in [6.45, 7) is 0.932. The largest absolute Gasteiger partial charge is 0.375 e. The molecular weight excluding hydrogens is 300 g/mol. The van der Waals surface area contributed by atoms with E-state index < -0.39 is 0 Å². The minimum atomic E-state index is 0.182. The molecule has 2 heterocycles. The van der Waals surface area contributed by atoms with Gasteiger partial charge in [-0.15, -0.1) is 0 Å². The van der Waals surface area contributed by atoms with Crippen LogP contribution in [0.4, 0.5) is 0 Å². The van der Waals surface area contributed by atoms with Gasteiger partial charge in [-0.3, -0.25) is 11.3 Å². The molecule has 0 aromatic rings. The molecule has 3 nitrogen and oxygen atoms in total. The van der Waals surface area contributed by atoms with Gasteiger partial charge >= 0.3 is 0 Å². The van der Waals surface area contributed by atoms with Gasteiger partial charge in [0.05, 0.1) is 5.60 Å². The van der Waals surface area contributed by atoms with Crippen molar-refractivity contribution in [3.05, 3.63) is 0 Å². The molecule has 2 atom stereocenters. The van der Waals surface area contributed by atoms with Gasteiger partial charge in [-0.2, -0.15) is 23.5 Å². The van der Waals surface area contributed by atoms with Crippen LogP contribution in [-0.4, -0.2) is 40.8 Å². The summed E-state index contributed by atoms with van der Waals surface area (Å²) in [5.74, 6) is 10.3. The number of hydrazine groups is 1. The maximum atomic E-state index is 6.22. The zero-order valence-electron chi connectivity index (χ0n) is 13.0. The highest BCUT2D eigenvalue weighted by molar-refractivity contribution is 8.00. The minimum Gasteiger partial charge on any atom is -0.375 e. The molecule has 0 amide bonds. The van der Waals surface area contributed by atoms with E-state index in [0.717, 1.165) is 11.9 Å². The Morgan fingerprint density at radius 3 is 2.71 bits per heavy atom. The van der Waals surface area contributed by atoms with Crippen LogP contribution in [0.1, 0.15) is 51.4 Å². The van der Waals surface area contributed by atoms with E-state index in [1.54, 1.807) is 0 Å². The summed E-state index contributed by atoms with van der Waals surface area (Å²) in [6, 6.07) is 0.464. The minimum absolute atomic E-state index is 0.182. The predicted molar refractivity (Wildman–Crippen MR) is 93.8 cm³/mol. The second-order valence-corrected chi connectivity index (χ2v) is 9.47. The van der Waals surface area contributed by atoms with Crippen LogP contribution in [-0.2, 0) is 4.74 Å². The van der Waals surface area contributed by atoms with Gasteiger partial charge in [0.2, 0.25) is 0 Å². The molecule has 0 aromatic carbocycles. The maximum Gasteiger partial charge on any atom is 0.0701 e. The molecule has 2 saturated heterocycles. The molecule has 2 unspecified atom stereocenters. The van der Waals surface area contributed by atoms with Crippen molar-refractivity contribution in [1.29, 1.82) is 0 Å². The molecule has 0 aromatic heterocycles. The fraction of sp³-hybridized carbons (Fsp3) is 1.00. The van der Waals surface area contributed by atoms with Crippen LogP contribution in [0.3, 0.4) is 0 Å². The molecule has 21 heavy (non-hydrogen) atoms. The van der Waals surface area contributed by atoms with E-state index in [1.807, 2.05) is 0 Å². The molecular formula is C16H30N2OS2. The monoisotopic (exact) mass is 330 g/mol. The van der Waals surface area contributed by atoms with Gasteiger partial charge in [-0.05, 0) is 55.9 Å². The molecule has 1 saturated carbocycles. The van der Waals surface area contributed by atoms with Crippen LogP contribution < -0.4 is 11.3 Å². The van der Waals surface area contributed by atoms with Crippen molar-refractivity contribution in [3.8, 4) is 0 Å². The van der Waals surface area contributed by atoms with Crippen LogP contribution >= 0.6 is 23.5 Å². The number of nitrogens with one attached hydrogen (secondary N) is 1. The van der Waals surface area contributed by atoms with Crippen molar-refractivity contribution in [2.45, 2.75) is 68.3 Å². The third-order valence-corrected chi connectivity index (χ3v) is 8.01. The Bertz CT molecular complexity index is 312. The van der Waals surface area contributed by atoms with Crippen molar-refractivity contribution in [1.82, 2.24) is 5.43 Å². The Hall–Kier alpha value is 0.580. The smallest absolute Gasteiger partial charge is 0.0701 e. The van der Waals surface area contributed by atoms with E-state index in [1.165, 1.54) is 68.6 Å².